The SMILES string of the molecule is CCCCOCCNC(C)Cc1ccccc1OC. The summed E-state index contributed by atoms with van der Waals surface area (Å²) in [6.45, 7) is 6.94. The summed E-state index contributed by atoms with van der Waals surface area (Å²) in [7, 11) is 1.72. The minimum atomic E-state index is 0.422. The molecule has 1 rings (SSSR count). The zero-order valence-electron chi connectivity index (χ0n) is 12.4. The van der Waals surface area contributed by atoms with E-state index >= 15 is 0 Å². The highest BCUT2D eigenvalue weighted by molar-refractivity contribution is 5.33. The van der Waals surface area contributed by atoms with E-state index in [9.17, 15) is 0 Å². The Morgan fingerprint density at radius 2 is 2.00 bits per heavy atom. The zero-order chi connectivity index (χ0) is 13.9. The standard InChI is InChI=1S/C16H27NO2/c1-4-5-11-19-12-10-17-14(2)13-15-8-6-7-9-16(15)18-3/h6-9,14,17H,4-5,10-13H2,1-3H3. The Bertz CT molecular complexity index is 341. The van der Waals surface area contributed by atoms with Gasteiger partial charge in [0.15, 0.2) is 0 Å². The Kier molecular flexibility index (Phi) is 8.26. The van der Waals surface area contributed by atoms with E-state index in [2.05, 4.69) is 31.3 Å². The van der Waals surface area contributed by atoms with Crippen LogP contribution in [0.25, 0.3) is 0 Å². The monoisotopic (exact) mass is 265 g/mol. The lowest BCUT2D eigenvalue weighted by Crippen LogP contribution is -2.31. The molecule has 1 aromatic rings. The molecule has 0 amide bonds. The van der Waals surface area contributed by atoms with Crippen LogP contribution >= 0.6 is 0 Å². The number of unbranched alkanes of at least 4 members (excludes halogenated alkanes) is 1. The molecule has 19 heavy (non-hydrogen) atoms. The van der Waals surface area contributed by atoms with Crippen molar-refractivity contribution >= 4 is 0 Å². The quantitative estimate of drug-likeness (QED) is 0.660. The first-order chi connectivity index (χ1) is 9.27. The second-order valence-electron chi connectivity index (χ2n) is 4.84. The Balaban J connectivity index is 2.21. The number of hydrogen-bond donors (Lipinski definition) is 1. The second-order valence-corrected chi connectivity index (χ2v) is 4.84. The first kappa shape index (κ1) is 16.0. The van der Waals surface area contributed by atoms with Gasteiger partial charge in [0.05, 0.1) is 13.7 Å². The van der Waals surface area contributed by atoms with Gasteiger partial charge in [-0.2, -0.15) is 0 Å². The molecule has 3 heteroatoms. The van der Waals surface area contributed by atoms with Crippen molar-refractivity contribution in [3.05, 3.63) is 29.8 Å². The van der Waals surface area contributed by atoms with E-state index in [-0.39, 0.29) is 0 Å². The lowest BCUT2D eigenvalue weighted by Gasteiger charge is -2.15. The zero-order valence-corrected chi connectivity index (χ0v) is 12.4. The van der Waals surface area contributed by atoms with E-state index in [0.717, 1.165) is 38.3 Å². The summed E-state index contributed by atoms with van der Waals surface area (Å²) in [4.78, 5) is 0. The van der Waals surface area contributed by atoms with Gasteiger partial charge in [-0.15, -0.1) is 0 Å². The highest BCUT2D eigenvalue weighted by Gasteiger charge is 2.06. The van der Waals surface area contributed by atoms with Crippen LogP contribution in [0.4, 0.5) is 0 Å². The molecule has 0 saturated heterocycles. The van der Waals surface area contributed by atoms with Crippen LogP contribution < -0.4 is 10.1 Å². The molecule has 0 heterocycles. The molecule has 108 valence electrons. The summed E-state index contributed by atoms with van der Waals surface area (Å²) >= 11 is 0. The van der Waals surface area contributed by atoms with E-state index in [1.54, 1.807) is 7.11 Å². The third-order valence-electron chi connectivity index (χ3n) is 3.10. The maximum atomic E-state index is 5.53. The summed E-state index contributed by atoms with van der Waals surface area (Å²) < 4.78 is 10.9. The molecule has 1 atom stereocenters. The maximum Gasteiger partial charge on any atom is 0.122 e. The summed E-state index contributed by atoms with van der Waals surface area (Å²) in [5.41, 5.74) is 1.25. The highest BCUT2D eigenvalue weighted by atomic mass is 16.5. The average Bonchev–Trinajstić information content (AvgIpc) is 2.43. The topological polar surface area (TPSA) is 30.5 Å². The Hall–Kier alpha value is -1.06. The number of ether oxygens (including phenoxy) is 2. The van der Waals surface area contributed by atoms with Gasteiger partial charge in [0.2, 0.25) is 0 Å². The summed E-state index contributed by atoms with van der Waals surface area (Å²) in [5, 5.41) is 3.48. The maximum absolute atomic E-state index is 5.53. The second kappa shape index (κ2) is 9.82. The van der Waals surface area contributed by atoms with E-state index in [0.29, 0.717) is 6.04 Å². The van der Waals surface area contributed by atoms with Gasteiger partial charge in [-0.1, -0.05) is 31.5 Å². The molecule has 0 bridgehead atoms. The van der Waals surface area contributed by atoms with Crippen LogP contribution in [-0.4, -0.2) is 32.9 Å². The number of para-hydroxylation sites is 1. The van der Waals surface area contributed by atoms with Crippen LogP contribution in [0, 0.1) is 0 Å². The highest BCUT2D eigenvalue weighted by Crippen LogP contribution is 2.18. The Labute approximate surface area is 117 Å². The van der Waals surface area contributed by atoms with Gasteiger partial charge < -0.3 is 14.8 Å². The smallest absolute Gasteiger partial charge is 0.122 e. The van der Waals surface area contributed by atoms with Crippen molar-refractivity contribution in [3.8, 4) is 5.75 Å². The molecule has 0 aliphatic carbocycles. The van der Waals surface area contributed by atoms with E-state index < -0.39 is 0 Å². The van der Waals surface area contributed by atoms with E-state index in [4.69, 9.17) is 9.47 Å². The van der Waals surface area contributed by atoms with Crippen molar-refractivity contribution in [3.63, 3.8) is 0 Å². The van der Waals surface area contributed by atoms with Crippen molar-refractivity contribution < 1.29 is 9.47 Å². The Morgan fingerprint density at radius 3 is 2.74 bits per heavy atom. The predicted molar refractivity (Wildman–Crippen MR) is 79.9 cm³/mol. The number of benzene rings is 1. The number of methoxy groups -OCH3 is 1. The number of hydrogen-bond acceptors (Lipinski definition) is 3. The van der Waals surface area contributed by atoms with Gasteiger partial charge >= 0.3 is 0 Å². The van der Waals surface area contributed by atoms with Crippen molar-refractivity contribution in [2.75, 3.05) is 26.9 Å². The van der Waals surface area contributed by atoms with Crippen LogP contribution in [0.2, 0.25) is 0 Å². The predicted octanol–water partition coefficient (Wildman–Crippen LogP) is 3.03. The van der Waals surface area contributed by atoms with Crippen molar-refractivity contribution in [1.82, 2.24) is 5.32 Å². The molecule has 1 N–H and O–H groups in total. The molecule has 0 radical (unpaired) electrons. The lowest BCUT2D eigenvalue weighted by atomic mass is 10.1. The normalized spacial score (nSPS) is 12.4. The molecular weight excluding hydrogens is 238 g/mol. The minimum absolute atomic E-state index is 0.422. The van der Waals surface area contributed by atoms with E-state index in [1.165, 1.54) is 12.0 Å². The first-order valence-corrected chi connectivity index (χ1v) is 7.21. The first-order valence-electron chi connectivity index (χ1n) is 7.21. The molecule has 0 fully saturated rings. The third kappa shape index (κ3) is 6.60. The van der Waals surface area contributed by atoms with Crippen LogP contribution in [0.15, 0.2) is 24.3 Å². The summed E-state index contributed by atoms with van der Waals surface area (Å²) in [6.07, 6.45) is 3.31. The molecular formula is C16H27NO2. The largest absolute Gasteiger partial charge is 0.496 e. The van der Waals surface area contributed by atoms with Gasteiger partial charge in [0.1, 0.15) is 5.75 Å². The summed E-state index contributed by atoms with van der Waals surface area (Å²) in [5.74, 6) is 0.968. The third-order valence-corrected chi connectivity index (χ3v) is 3.10. The minimum Gasteiger partial charge on any atom is -0.496 e. The van der Waals surface area contributed by atoms with E-state index in [1.807, 2.05) is 12.1 Å². The molecule has 1 unspecified atom stereocenters. The van der Waals surface area contributed by atoms with Crippen LogP contribution in [0.3, 0.4) is 0 Å². The van der Waals surface area contributed by atoms with Gasteiger partial charge in [-0.05, 0) is 31.4 Å². The Morgan fingerprint density at radius 1 is 1.21 bits per heavy atom. The lowest BCUT2D eigenvalue weighted by molar-refractivity contribution is 0.131. The molecule has 3 nitrogen and oxygen atoms in total. The molecule has 0 aliphatic rings. The van der Waals surface area contributed by atoms with Gasteiger partial charge in [0, 0.05) is 19.2 Å². The van der Waals surface area contributed by atoms with Crippen LogP contribution in [-0.2, 0) is 11.2 Å². The fraction of sp³-hybridized carbons (Fsp3) is 0.625. The molecule has 1 aromatic carbocycles. The van der Waals surface area contributed by atoms with Gasteiger partial charge in [-0.3, -0.25) is 0 Å². The van der Waals surface area contributed by atoms with Crippen LogP contribution in [0.1, 0.15) is 32.3 Å². The van der Waals surface area contributed by atoms with Crippen molar-refractivity contribution in [2.45, 2.75) is 39.2 Å². The molecule has 0 spiro atoms. The van der Waals surface area contributed by atoms with Crippen molar-refractivity contribution in [2.24, 2.45) is 0 Å². The molecule has 0 saturated carbocycles. The van der Waals surface area contributed by atoms with Crippen molar-refractivity contribution in [1.29, 1.82) is 0 Å². The van der Waals surface area contributed by atoms with Gasteiger partial charge in [-0.25, -0.2) is 0 Å². The summed E-state index contributed by atoms with van der Waals surface area (Å²) in [6, 6.07) is 8.61. The fourth-order valence-corrected chi connectivity index (χ4v) is 2.00. The number of rotatable bonds is 10. The van der Waals surface area contributed by atoms with Crippen LogP contribution in [0.5, 0.6) is 5.75 Å². The number of nitrogens with one attached hydrogen (secondary N) is 1. The fourth-order valence-electron chi connectivity index (χ4n) is 2.00. The molecule has 0 aromatic heterocycles. The average molecular weight is 265 g/mol. The molecule has 0 aliphatic heterocycles. The van der Waals surface area contributed by atoms with Gasteiger partial charge in [0.25, 0.3) is 0 Å².